The quantitative estimate of drug-likeness (QED) is 0.427. The molecule has 7 nitrogen and oxygen atoms in total. The van der Waals surface area contributed by atoms with Gasteiger partial charge in [-0.25, -0.2) is 8.78 Å². The number of nitrogens with one attached hydrogen (secondary N) is 1. The first-order valence-corrected chi connectivity index (χ1v) is 12.5. The number of benzene rings is 3. The zero-order valence-electron chi connectivity index (χ0n) is 21.3. The number of nitrogens with two attached hydrogens (primary N) is 1. The lowest BCUT2D eigenvalue weighted by Crippen LogP contribution is -2.47. The Labute approximate surface area is 221 Å². The second kappa shape index (κ2) is 12.6. The van der Waals surface area contributed by atoms with Crippen molar-refractivity contribution >= 4 is 11.8 Å². The first-order chi connectivity index (χ1) is 18.4. The van der Waals surface area contributed by atoms with E-state index >= 15 is 0 Å². The molecule has 1 saturated heterocycles. The second-order valence-electron chi connectivity index (χ2n) is 9.33. The maximum absolute atomic E-state index is 13.6. The summed E-state index contributed by atoms with van der Waals surface area (Å²) in [5, 5.41) is 2.81. The Hall–Kier alpha value is -3.82. The van der Waals surface area contributed by atoms with E-state index in [9.17, 15) is 18.4 Å². The summed E-state index contributed by atoms with van der Waals surface area (Å²) < 4.78 is 32.4. The van der Waals surface area contributed by atoms with Crippen molar-refractivity contribution in [1.29, 1.82) is 0 Å². The highest BCUT2D eigenvalue weighted by Gasteiger charge is 2.42. The lowest BCUT2D eigenvalue weighted by atomic mass is 10.1. The molecule has 0 bridgehead atoms. The third-order valence-electron chi connectivity index (χ3n) is 6.71. The average Bonchev–Trinajstić information content (AvgIpc) is 3.38. The monoisotopic (exact) mass is 522 g/mol. The number of halogens is 2. The van der Waals surface area contributed by atoms with E-state index in [-0.39, 0.29) is 30.2 Å². The molecule has 3 N–H and O–H groups in total. The number of rotatable bonds is 10. The molecular formula is C29H32F2N4O3. The van der Waals surface area contributed by atoms with Crippen LogP contribution in [0.3, 0.4) is 0 Å². The number of ether oxygens (including phenoxy) is 1. The van der Waals surface area contributed by atoms with Crippen LogP contribution in [0.25, 0.3) is 0 Å². The maximum Gasteiger partial charge on any atom is 0.254 e. The molecule has 0 aromatic heterocycles. The van der Waals surface area contributed by atoms with Crippen molar-refractivity contribution in [3.63, 3.8) is 0 Å². The zero-order chi connectivity index (χ0) is 27.1. The molecule has 3 aromatic carbocycles. The average molecular weight is 523 g/mol. The topological polar surface area (TPSA) is 87.9 Å². The van der Waals surface area contributed by atoms with Crippen molar-refractivity contribution in [2.24, 2.45) is 5.73 Å². The summed E-state index contributed by atoms with van der Waals surface area (Å²) in [6.45, 7) is 1.87. The Morgan fingerprint density at radius 1 is 1.00 bits per heavy atom. The van der Waals surface area contributed by atoms with Gasteiger partial charge in [0, 0.05) is 44.3 Å². The van der Waals surface area contributed by atoms with Gasteiger partial charge in [-0.15, -0.1) is 0 Å². The van der Waals surface area contributed by atoms with Gasteiger partial charge in [-0.3, -0.25) is 14.5 Å². The van der Waals surface area contributed by atoms with Gasteiger partial charge in [0.15, 0.2) is 0 Å². The molecule has 1 aliphatic heterocycles. The molecule has 2 atom stereocenters. The smallest absolute Gasteiger partial charge is 0.254 e. The molecule has 0 radical (unpaired) electrons. The van der Waals surface area contributed by atoms with E-state index in [4.69, 9.17) is 10.5 Å². The number of methoxy groups -OCH3 is 1. The fourth-order valence-electron chi connectivity index (χ4n) is 4.77. The first kappa shape index (κ1) is 27.2. The number of hydrogen-bond donors (Lipinski definition) is 2. The lowest BCUT2D eigenvalue weighted by molar-refractivity contribution is -0.124. The molecular weight excluding hydrogens is 490 g/mol. The van der Waals surface area contributed by atoms with Gasteiger partial charge in [0.1, 0.15) is 23.4 Å². The van der Waals surface area contributed by atoms with Crippen molar-refractivity contribution in [1.82, 2.24) is 15.1 Å². The van der Waals surface area contributed by atoms with Gasteiger partial charge in [0.2, 0.25) is 5.91 Å². The second-order valence-corrected chi connectivity index (χ2v) is 9.33. The van der Waals surface area contributed by atoms with E-state index < -0.39 is 11.9 Å². The van der Waals surface area contributed by atoms with Crippen molar-refractivity contribution in [2.75, 3.05) is 26.7 Å². The van der Waals surface area contributed by atoms with Crippen LogP contribution in [0.4, 0.5) is 8.78 Å². The van der Waals surface area contributed by atoms with Crippen LogP contribution >= 0.6 is 0 Å². The Morgan fingerprint density at radius 2 is 1.66 bits per heavy atom. The van der Waals surface area contributed by atoms with Crippen molar-refractivity contribution in [2.45, 2.75) is 31.6 Å². The van der Waals surface area contributed by atoms with E-state index in [1.54, 1.807) is 24.1 Å². The number of nitrogens with zero attached hydrogens (tertiary/aromatic N) is 2. The zero-order valence-corrected chi connectivity index (χ0v) is 21.3. The van der Waals surface area contributed by atoms with Crippen LogP contribution in [-0.2, 0) is 17.9 Å². The van der Waals surface area contributed by atoms with Gasteiger partial charge in [-0.05, 0) is 66.1 Å². The SMILES string of the molecule is COc1cccc(CN(Cc2ccc(F)cc2)C2CC(C(=O)NCCN)N(C(=O)c3ccc(F)cc3)C2)c1. The number of likely N-dealkylation sites (tertiary alicyclic amines) is 1. The predicted molar refractivity (Wildman–Crippen MR) is 140 cm³/mol. The Balaban J connectivity index is 1.63. The molecule has 1 fully saturated rings. The van der Waals surface area contributed by atoms with Crippen molar-refractivity contribution in [3.8, 4) is 5.75 Å². The molecule has 9 heteroatoms. The maximum atomic E-state index is 13.6. The standard InChI is InChI=1S/C29H32F2N4O3/c1-38-26-4-2-3-21(15-26)18-34(17-20-5-9-23(30)10-6-20)25-16-27(28(36)33-14-13-32)35(19-25)29(37)22-7-11-24(31)12-8-22/h2-12,15,25,27H,13-14,16-19,32H2,1H3,(H,33,36). The highest BCUT2D eigenvalue weighted by atomic mass is 19.1. The predicted octanol–water partition coefficient (Wildman–Crippen LogP) is 3.33. The van der Waals surface area contributed by atoms with Gasteiger partial charge >= 0.3 is 0 Å². The molecule has 0 saturated carbocycles. The van der Waals surface area contributed by atoms with Crippen molar-refractivity contribution < 1.29 is 23.1 Å². The molecule has 3 aromatic rings. The van der Waals surface area contributed by atoms with E-state index in [0.29, 0.717) is 38.2 Å². The lowest BCUT2D eigenvalue weighted by Gasteiger charge is -2.29. The summed E-state index contributed by atoms with van der Waals surface area (Å²) in [6, 6.07) is 18.4. The fraction of sp³-hybridized carbons (Fsp3) is 0.310. The Morgan fingerprint density at radius 3 is 2.32 bits per heavy atom. The van der Waals surface area contributed by atoms with E-state index in [0.717, 1.165) is 16.9 Å². The van der Waals surface area contributed by atoms with E-state index in [1.807, 2.05) is 24.3 Å². The Bertz CT molecular complexity index is 1240. The van der Waals surface area contributed by atoms with Crippen LogP contribution in [0, 0.1) is 11.6 Å². The first-order valence-electron chi connectivity index (χ1n) is 12.5. The highest BCUT2D eigenvalue weighted by Crippen LogP contribution is 2.28. The molecule has 200 valence electrons. The molecule has 0 spiro atoms. The van der Waals surface area contributed by atoms with Gasteiger partial charge in [0.25, 0.3) is 5.91 Å². The van der Waals surface area contributed by atoms with E-state index in [2.05, 4.69) is 10.2 Å². The minimum Gasteiger partial charge on any atom is -0.497 e. The summed E-state index contributed by atoms with van der Waals surface area (Å²) in [7, 11) is 1.61. The van der Waals surface area contributed by atoms with Gasteiger partial charge in [-0.2, -0.15) is 0 Å². The molecule has 2 unspecified atom stereocenters. The minimum absolute atomic E-state index is 0.177. The number of carbonyl (C=O) groups excluding carboxylic acids is 2. The van der Waals surface area contributed by atoms with Crippen LogP contribution in [0.15, 0.2) is 72.8 Å². The molecule has 38 heavy (non-hydrogen) atoms. The third-order valence-corrected chi connectivity index (χ3v) is 6.71. The summed E-state index contributed by atoms with van der Waals surface area (Å²) >= 11 is 0. The van der Waals surface area contributed by atoms with Crippen LogP contribution < -0.4 is 15.8 Å². The molecule has 1 heterocycles. The number of hydrogen-bond acceptors (Lipinski definition) is 5. The minimum atomic E-state index is -0.717. The summed E-state index contributed by atoms with van der Waals surface area (Å²) in [5.74, 6) is -0.661. The van der Waals surface area contributed by atoms with Crippen LogP contribution in [-0.4, -0.2) is 60.4 Å². The molecule has 0 aliphatic carbocycles. The highest BCUT2D eigenvalue weighted by molar-refractivity contribution is 5.98. The van der Waals surface area contributed by atoms with Crippen LogP contribution in [0.5, 0.6) is 5.75 Å². The fourth-order valence-corrected chi connectivity index (χ4v) is 4.77. The molecule has 2 amide bonds. The van der Waals surface area contributed by atoms with Gasteiger partial charge < -0.3 is 20.7 Å². The van der Waals surface area contributed by atoms with Crippen molar-refractivity contribution in [3.05, 3.63) is 101 Å². The molecule has 1 aliphatic rings. The normalized spacial score (nSPS) is 17.0. The van der Waals surface area contributed by atoms with E-state index in [1.165, 1.54) is 36.4 Å². The summed E-state index contributed by atoms with van der Waals surface area (Å²) in [6.07, 6.45) is 0.397. The number of amides is 2. The van der Waals surface area contributed by atoms with Crippen LogP contribution in [0.2, 0.25) is 0 Å². The summed E-state index contributed by atoms with van der Waals surface area (Å²) in [5.41, 5.74) is 7.79. The van der Waals surface area contributed by atoms with Gasteiger partial charge in [0.05, 0.1) is 7.11 Å². The largest absolute Gasteiger partial charge is 0.497 e. The van der Waals surface area contributed by atoms with Gasteiger partial charge in [-0.1, -0.05) is 24.3 Å². The third kappa shape index (κ3) is 6.73. The summed E-state index contributed by atoms with van der Waals surface area (Å²) in [4.78, 5) is 30.3. The molecule has 4 rings (SSSR count). The Kier molecular flexibility index (Phi) is 9.04. The number of carbonyl (C=O) groups is 2. The van der Waals surface area contributed by atoms with Crippen LogP contribution in [0.1, 0.15) is 27.9 Å².